The minimum Gasteiger partial charge on any atom is -0.496 e. The van der Waals surface area contributed by atoms with Crippen molar-refractivity contribution in [1.82, 2.24) is 5.32 Å². The van der Waals surface area contributed by atoms with Gasteiger partial charge in [0.2, 0.25) is 0 Å². The fraction of sp³-hybridized carbons (Fsp3) is 0.167. The number of hydrogen-bond donors (Lipinski definition) is 1. The molecule has 1 aliphatic heterocycles. The summed E-state index contributed by atoms with van der Waals surface area (Å²) >= 11 is 0. The van der Waals surface area contributed by atoms with Crippen LogP contribution in [0, 0.1) is 0 Å². The Kier molecular flexibility index (Phi) is 3.07. The predicted molar refractivity (Wildman–Crippen MR) is 87.6 cm³/mol. The van der Waals surface area contributed by atoms with E-state index in [0.717, 1.165) is 52.5 Å². The molecule has 0 fully saturated rings. The van der Waals surface area contributed by atoms with Gasteiger partial charge < -0.3 is 14.5 Å². The monoisotopic (exact) mass is 292 g/mol. The van der Waals surface area contributed by atoms with Crippen LogP contribution in [0.2, 0.25) is 0 Å². The zero-order valence-electron chi connectivity index (χ0n) is 12.3. The maximum absolute atomic E-state index is 5.87. The van der Waals surface area contributed by atoms with Crippen LogP contribution in [0.25, 0.3) is 22.1 Å². The van der Waals surface area contributed by atoms with Crippen molar-refractivity contribution in [3.63, 3.8) is 0 Å². The Bertz CT molecular complexity index is 864. The molecule has 0 saturated carbocycles. The molecule has 0 spiro atoms. The first-order valence-electron chi connectivity index (χ1n) is 7.31. The molecule has 2 aromatic carbocycles. The lowest BCUT2D eigenvalue weighted by Crippen LogP contribution is -2.18. The van der Waals surface area contributed by atoms with Gasteiger partial charge >= 0.3 is 0 Å². The molecular weight excluding hydrogens is 276 g/mol. The number of nitrogens with zero attached hydrogens (tertiary/aromatic N) is 1. The Balaban J connectivity index is 1.80. The van der Waals surface area contributed by atoms with E-state index >= 15 is 0 Å². The van der Waals surface area contributed by atoms with Crippen molar-refractivity contribution in [2.75, 3.05) is 20.2 Å². The molecule has 4 nitrogen and oxygen atoms in total. The van der Waals surface area contributed by atoms with Crippen LogP contribution in [0.5, 0.6) is 5.75 Å². The number of nitrogens with one attached hydrogen (secondary N) is 1. The van der Waals surface area contributed by atoms with E-state index in [9.17, 15) is 0 Å². The van der Waals surface area contributed by atoms with Crippen molar-refractivity contribution in [2.24, 2.45) is 4.99 Å². The molecule has 1 aromatic heterocycles. The van der Waals surface area contributed by atoms with Crippen LogP contribution in [0.15, 0.2) is 57.9 Å². The molecule has 110 valence electrons. The van der Waals surface area contributed by atoms with Crippen LogP contribution in [0.4, 0.5) is 0 Å². The van der Waals surface area contributed by atoms with Crippen molar-refractivity contribution in [2.45, 2.75) is 0 Å². The van der Waals surface area contributed by atoms with Crippen LogP contribution >= 0.6 is 0 Å². The average molecular weight is 292 g/mol. The van der Waals surface area contributed by atoms with Gasteiger partial charge in [-0.3, -0.25) is 4.99 Å². The van der Waals surface area contributed by atoms with Gasteiger partial charge in [0.05, 0.1) is 13.7 Å². The van der Waals surface area contributed by atoms with Gasteiger partial charge in [0.1, 0.15) is 11.3 Å². The third kappa shape index (κ3) is 2.13. The van der Waals surface area contributed by atoms with E-state index in [4.69, 9.17) is 9.15 Å². The van der Waals surface area contributed by atoms with Gasteiger partial charge in [0.25, 0.3) is 0 Å². The SMILES string of the molecule is COc1ccccc1-c1ccc2oc(C3=NCCN3)cc2c1. The number of para-hydroxylation sites is 1. The van der Waals surface area contributed by atoms with Crippen molar-refractivity contribution in [3.8, 4) is 16.9 Å². The number of furan rings is 1. The molecule has 0 unspecified atom stereocenters. The molecule has 22 heavy (non-hydrogen) atoms. The van der Waals surface area contributed by atoms with Gasteiger partial charge in [-0.1, -0.05) is 24.3 Å². The van der Waals surface area contributed by atoms with Gasteiger partial charge in [0.15, 0.2) is 11.6 Å². The maximum Gasteiger partial charge on any atom is 0.170 e. The van der Waals surface area contributed by atoms with E-state index < -0.39 is 0 Å². The highest BCUT2D eigenvalue weighted by atomic mass is 16.5. The van der Waals surface area contributed by atoms with Crippen LogP contribution in [0.3, 0.4) is 0 Å². The number of benzene rings is 2. The second kappa shape index (κ2) is 5.22. The summed E-state index contributed by atoms with van der Waals surface area (Å²) in [6, 6.07) is 16.2. The zero-order chi connectivity index (χ0) is 14.9. The molecule has 0 amide bonds. The zero-order valence-corrected chi connectivity index (χ0v) is 12.3. The van der Waals surface area contributed by atoms with Gasteiger partial charge in [-0.05, 0) is 29.8 Å². The fourth-order valence-electron chi connectivity index (χ4n) is 2.77. The number of fused-ring (bicyclic) bond motifs is 1. The molecule has 0 bridgehead atoms. The summed E-state index contributed by atoms with van der Waals surface area (Å²) in [5, 5.41) is 4.30. The number of rotatable bonds is 3. The summed E-state index contributed by atoms with van der Waals surface area (Å²) in [4.78, 5) is 4.40. The Hall–Kier alpha value is -2.75. The van der Waals surface area contributed by atoms with Gasteiger partial charge in [-0.15, -0.1) is 0 Å². The molecule has 2 heterocycles. The van der Waals surface area contributed by atoms with E-state index in [2.05, 4.69) is 28.5 Å². The Labute approximate surface area is 128 Å². The first-order valence-corrected chi connectivity index (χ1v) is 7.31. The Morgan fingerprint density at radius 2 is 2.05 bits per heavy atom. The van der Waals surface area contributed by atoms with Crippen molar-refractivity contribution < 1.29 is 9.15 Å². The first-order chi connectivity index (χ1) is 10.8. The number of methoxy groups -OCH3 is 1. The standard InChI is InChI=1S/C18H16N2O2/c1-21-16-5-3-2-4-14(16)12-6-7-15-13(10-12)11-17(22-15)18-19-8-9-20-18/h2-7,10-11H,8-9H2,1H3,(H,19,20). The fourth-order valence-corrected chi connectivity index (χ4v) is 2.77. The van der Waals surface area contributed by atoms with Crippen molar-refractivity contribution in [1.29, 1.82) is 0 Å². The molecule has 4 rings (SSSR count). The third-order valence-corrected chi connectivity index (χ3v) is 3.84. The molecule has 0 radical (unpaired) electrons. The van der Waals surface area contributed by atoms with Gasteiger partial charge in [0, 0.05) is 17.5 Å². The van der Waals surface area contributed by atoms with E-state index in [1.165, 1.54) is 0 Å². The highest BCUT2D eigenvalue weighted by molar-refractivity contribution is 6.01. The Morgan fingerprint density at radius 3 is 2.86 bits per heavy atom. The third-order valence-electron chi connectivity index (χ3n) is 3.84. The number of ether oxygens (including phenoxy) is 1. The summed E-state index contributed by atoms with van der Waals surface area (Å²) in [6.45, 7) is 1.68. The van der Waals surface area contributed by atoms with Gasteiger partial charge in [-0.25, -0.2) is 0 Å². The molecule has 0 aliphatic carbocycles. The van der Waals surface area contributed by atoms with Gasteiger partial charge in [-0.2, -0.15) is 0 Å². The minimum atomic E-state index is 0.796. The van der Waals surface area contributed by atoms with Crippen LogP contribution in [-0.2, 0) is 0 Å². The topological polar surface area (TPSA) is 46.8 Å². The van der Waals surface area contributed by atoms with E-state index in [1.54, 1.807) is 7.11 Å². The molecule has 0 saturated heterocycles. The predicted octanol–water partition coefficient (Wildman–Crippen LogP) is 3.46. The molecule has 4 heteroatoms. The molecule has 1 aliphatic rings. The lowest BCUT2D eigenvalue weighted by atomic mass is 10.0. The molecule has 0 atom stereocenters. The summed E-state index contributed by atoms with van der Waals surface area (Å²) < 4.78 is 11.3. The highest BCUT2D eigenvalue weighted by Gasteiger charge is 2.14. The first kappa shape index (κ1) is 13.0. The smallest absolute Gasteiger partial charge is 0.170 e. The number of hydrogen-bond acceptors (Lipinski definition) is 4. The normalized spacial score (nSPS) is 14.0. The second-order valence-electron chi connectivity index (χ2n) is 5.22. The quantitative estimate of drug-likeness (QED) is 0.804. The summed E-state index contributed by atoms with van der Waals surface area (Å²) in [5.74, 6) is 2.51. The highest BCUT2D eigenvalue weighted by Crippen LogP contribution is 2.32. The van der Waals surface area contributed by atoms with E-state index in [0.29, 0.717) is 0 Å². The minimum absolute atomic E-state index is 0.796. The summed E-state index contributed by atoms with van der Waals surface area (Å²) in [6.07, 6.45) is 0. The molecule has 3 aromatic rings. The largest absolute Gasteiger partial charge is 0.496 e. The maximum atomic E-state index is 5.87. The van der Waals surface area contributed by atoms with Crippen LogP contribution in [-0.4, -0.2) is 26.0 Å². The van der Waals surface area contributed by atoms with Crippen LogP contribution in [0.1, 0.15) is 5.76 Å². The number of amidine groups is 1. The Morgan fingerprint density at radius 1 is 1.14 bits per heavy atom. The molecule has 1 N–H and O–H groups in total. The lowest BCUT2D eigenvalue weighted by molar-refractivity contribution is 0.416. The van der Waals surface area contributed by atoms with E-state index in [-0.39, 0.29) is 0 Å². The number of aliphatic imine (C=N–C) groups is 1. The summed E-state index contributed by atoms with van der Waals surface area (Å²) in [5.41, 5.74) is 3.05. The molecular formula is C18H16N2O2. The van der Waals surface area contributed by atoms with Crippen LogP contribution < -0.4 is 10.1 Å². The van der Waals surface area contributed by atoms with Crippen molar-refractivity contribution in [3.05, 3.63) is 54.3 Å². The lowest BCUT2D eigenvalue weighted by Gasteiger charge is -2.07. The average Bonchev–Trinajstić information content (AvgIpc) is 3.23. The summed E-state index contributed by atoms with van der Waals surface area (Å²) in [7, 11) is 1.69. The second-order valence-corrected chi connectivity index (χ2v) is 5.22. The van der Waals surface area contributed by atoms with E-state index in [1.807, 2.05) is 30.3 Å². The van der Waals surface area contributed by atoms with Crippen molar-refractivity contribution >= 4 is 16.8 Å².